The summed E-state index contributed by atoms with van der Waals surface area (Å²) in [6.07, 6.45) is 3.46. The molecule has 1 N–H and O–H groups in total. The Balaban J connectivity index is 1.47. The van der Waals surface area contributed by atoms with Gasteiger partial charge in [-0.3, -0.25) is 19.3 Å². The van der Waals surface area contributed by atoms with Crippen LogP contribution in [0.2, 0.25) is 0 Å². The highest BCUT2D eigenvalue weighted by molar-refractivity contribution is 7.22. The number of nitrogens with zero attached hydrogens (tertiary/aromatic N) is 2. The molecule has 6 nitrogen and oxygen atoms in total. The molecule has 130 valence electrons. The quantitative estimate of drug-likeness (QED) is 0.857. The number of nitrogens with one attached hydrogen (secondary N) is 1. The van der Waals surface area contributed by atoms with Gasteiger partial charge in [-0.05, 0) is 31.4 Å². The number of likely N-dealkylation sites (tertiary alicyclic amines) is 1. The van der Waals surface area contributed by atoms with Crippen molar-refractivity contribution in [3.63, 3.8) is 0 Å². The fourth-order valence-electron chi connectivity index (χ4n) is 3.83. The number of para-hydroxylation sites is 1. The van der Waals surface area contributed by atoms with Crippen LogP contribution >= 0.6 is 11.3 Å². The molecule has 0 radical (unpaired) electrons. The van der Waals surface area contributed by atoms with Gasteiger partial charge < -0.3 is 5.32 Å². The maximum atomic E-state index is 12.4. The lowest BCUT2D eigenvalue weighted by Gasteiger charge is -2.19. The molecule has 3 amide bonds. The number of carbonyl (C=O) groups is 3. The number of hydrogen-bond donors (Lipinski definition) is 1. The molecule has 2 fully saturated rings. The zero-order valence-electron chi connectivity index (χ0n) is 13.9. The highest BCUT2D eigenvalue weighted by atomic mass is 32.1. The number of aromatic nitrogens is 1. The van der Waals surface area contributed by atoms with Gasteiger partial charge in [0.15, 0.2) is 5.13 Å². The SMILES string of the molecule is Cc1cccc2sc(NC(=O)CN3C(=O)[C@@H]4CCCC[C@H]4C3=O)nc12. The molecule has 4 rings (SSSR count). The second-order valence-electron chi connectivity index (χ2n) is 6.75. The minimum absolute atomic E-state index is 0.190. The molecule has 0 spiro atoms. The number of amides is 3. The third-order valence-corrected chi connectivity index (χ3v) is 6.04. The third kappa shape index (κ3) is 2.82. The highest BCUT2D eigenvalue weighted by Gasteiger charge is 2.48. The summed E-state index contributed by atoms with van der Waals surface area (Å²) >= 11 is 1.39. The van der Waals surface area contributed by atoms with E-state index in [0.717, 1.165) is 46.4 Å². The molecule has 1 aromatic heterocycles. The maximum absolute atomic E-state index is 12.4. The zero-order chi connectivity index (χ0) is 17.6. The van der Waals surface area contributed by atoms with Gasteiger partial charge in [-0.15, -0.1) is 0 Å². The minimum atomic E-state index is -0.378. The summed E-state index contributed by atoms with van der Waals surface area (Å²) in [7, 11) is 0. The van der Waals surface area contributed by atoms with E-state index in [0.29, 0.717) is 5.13 Å². The van der Waals surface area contributed by atoms with Crippen LogP contribution in [0.4, 0.5) is 5.13 Å². The van der Waals surface area contributed by atoms with Crippen LogP contribution in [0.15, 0.2) is 18.2 Å². The Morgan fingerprint density at radius 2 is 1.92 bits per heavy atom. The van der Waals surface area contributed by atoms with Crippen LogP contribution in [-0.4, -0.2) is 34.2 Å². The number of benzene rings is 1. The second kappa shape index (κ2) is 6.22. The van der Waals surface area contributed by atoms with Gasteiger partial charge in [-0.25, -0.2) is 4.98 Å². The van der Waals surface area contributed by atoms with E-state index in [1.165, 1.54) is 11.3 Å². The summed E-state index contributed by atoms with van der Waals surface area (Å²) in [4.78, 5) is 42.8. The molecule has 1 aliphatic heterocycles. The molecule has 2 heterocycles. The van der Waals surface area contributed by atoms with Gasteiger partial charge in [0, 0.05) is 0 Å². The van der Waals surface area contributed by atoms with Crippen LogP contribution in [-0.2, 0) is 14.4 Å². The molecule has 0 unspecified atom stereocenters. The molecule has 1 saturated heterocycles. The standard InChI is InChI=1S/C18H19N3O3S/c1-10-5-4-8-13-15(10)20-18(25-13)19-14(22)9-21-16(23)11-6-2-3-7-12(11)17(21)24/h4-5,8,11-12H,2-3,6-7,9H2,1H3,(H,19,20,22)/t11-,12-/m1/s1. The van der Waals surface area contributed by atoms with E-state index in [1.807, 2.05) is 25.1 Å². The van der Waals surface area contributed by atoms with E-state index in [4.69, 9.17) is 0 Å². The zero-order valence-corrected chi connectivity index (χ0v) is 14.8. The summed E-state index contributed by atoms with van der Waals surface area (Å²) in [6.45, 7) is 1.75. The van der Waals surface area contributed by atoms with E-state index in [-0.39, 0.29) is 36.1 Å². The molecule has 0 bridgehead atoms. The fraction of sp³-hybridized carbons (Fsp3) is 0.444. The van der Waals surface area contributed by atoms with Crippen molar-refractivity contribution in [3.05, 3.63) is 23.8 Å². The predicted octanol–water partition coefficient (Wildman–Crippen LogP) is 2.72. The second-order valence-corrected chi connectivity index (χ2v) is 7.78. The highest BCUT2D eigenvalue weighted by Crippen LogP contribution is 2.38. The maximum Gasteiger partial charge on any atom is 0.246 e. The normalized spacial score (nSPS) is 23.2. The molecule has 2 aliphatic rings. The van der Waals surface area contributed by atoms with Crippen LogP contribution in [0.5, 0.6) is 0 Å². The smallest absolute Gasteiger partial charge is 0.246 e. The predicted molar refractivity (Wildman–Crippen MR) is 95.2 cm³/mol. The molecule has 2 aromatic rings. The van der Waals surface area contributed by atoms with Crippen LogP contribution < -0.4 is 5.32 Å². The number of hydrogen-bond acceptors (Lipinski definition) is 5. The number of aryl methyl sites for hydroxylation is 1. The first-order valence-corrected chi connectivity index (χ1v) is 9.37. The van der Waals surface area contributed by atoms with Gasteiger partial charge in [0.1, 0.15) is 6.54 Å². The number of fused-ring (bicyclic) bond motifs is 2. The Kier molecular flexibility index (Phi) is 4.03. The number of thiazole rings is 1. The summed E-state index contributed by atoms with van der Waals surface area (Å²) < 4.78 is 0.995. The number of anilines is 1. The minimum Gasteiger partial charge on any atom is -0.300 e. The lowest BCUT2D eigenvalue weighted by Crippen LogP contribution is -2.38. The van der Waals surface area contributed by atoms with Crippen LogP contribution in [0.1, 0.15) is 31.2 Å². The molecular weight excluding hydrogens is 338 g/mol. The van der Waals surface area contributed by atoms with Crippen molar-refractivity contribution in [1.29, 1.82) is 0 Å². The van der Waals surface area contributed by atoms with E-state index in [1.54, 1.807) is 0 Å². The van der Waals surface area contributed by atoms with Crippen LogP contribution in [0.3, 0.4) is 0 Å². The van der Waals surface area contributed by atoms with Crippen molar-refractivity contribution >= 4 is 44.4 Å². The molecule has 2 atom stereocenters. The van der Waals surface area contributed by atoms with Gasteiger partial charge in [-0.1, -0.05) is 36.3 Å². The van der Waals surface area contributed by atoms with E-state index in [9.17, 15) is 14.4 Å². The van der Waals surface area contributed by atoms with Crippen LogP contribution in [0.25, 0.3) is 10.2 Å². The lowest BCUT2D eigenvalue weighted by atomic mass is 9.81. The lowest BCUT2D eigenvalue weighted by molar-refractivity contribution is -0.142. The summed E-state index contributed by atoms with van der Waals surface area (Å²) in [6, 6.07) is 5.87. The van der Waals surface area contributed by atoms with E-state index >= 15 is 0 Å². The van der Waals surface area contributed by atoms with Crippen LogP contribution in [0, 0.1) is 18.8 Å². The Labute approximate surface area is 149 Å². The monoisotopic (exact) mass is 357 g/mol. The topological polar surface area (TPSA) is 79.4 Å². The third-order valence-electron chi connectivity index (χ3n) is 5.10. The Morgan fingerprint density at radius 3 is 2.56 bits per heavy atom. The first-order chi connectivity index (χ1) is 12.0. The average molecular weight is 357 g/mol. The molecular formula is C18H19N3O3S. The van der Waals surface area contributed by atoms with Gasteiger partial charge in [0.25, 0.3) is 0 Å². The number of imide groups is 1. The summed E-state index contributed by atoms with van der Waals surface area (Å²) in [5, 5.41) is 3.22. The Morgan fingerprint density at radius 1 is 1.24 bits per heavy atom. The average Bonchev–Trinajstić information content (AvgIpc) is 3.11. The van der Waals surface area contributed by atoms with Crippen molar-refractivity contribution in [2.45, 2.75) is 32.6 Å². The summed E-state index contributed by atoms with van der Waals surface area (Å²) in [5.74, 6) is -1.20. The Hall–Kier alpha value is -2.28. The molecule has 1 aliphatic carbocycles. The van der Waals surface area contributed by atoms with Gasteiger partial charge in [0.05, 0.1) is 22.1 Å². The van der Waals surface area contributed by atoms with Crippen molar-refractivity contribution in [2.75, 3.05) is 11.9 Å². The van der Waals surface area contributed by atoms with Crippen molar-refractivity contribution in [1.82, 2.24) is 9.88 Å². The number of rotatable bonds is 3. The molecule has 1 aromatic carbocycles. The number of carbonyl (C=O) groups excluding carboxylic acids is 3. The fourth-order valence-corrected chi connectivity index (χ4v) is 4.79. The van der Waals surface area contributed by atoms with E-state index < -0.39 is 0 Å². The van der Waals surface area contributed by atoms with Crippen molar-refractivity contribution in [3.8, 4) is 0 Å². The van der Waals surface area contributed by atoms with Crippen molar-refractivity contribution in [2.24, 2.45) is 11.8 Å². The first-order valence-electron chi connectivity index (χ1n) is 8.56. The molecule has 7 heteroatoms. The molecule has 1 saturated carbocycles. The van der Waals surface area contributed by atoms with Gasteiger partial charge in [-0.2, -0.15) is 0 Å². The van der Waals surface area contributed by atoms with Crippen molar-refractivity contribution < 1.29 is 14.4 Å². The first kappa shape index (κ1) is 16.2. The summed E-state index contributed by atoms with van der Waals surface area (Å²) in [5.41, 5.74) is 1.91. The Bertz CT molecular complexity index is 852. The largest absolute Gasteiger partial charge is 0.300 e. The van der Waals surface area contributed by atoms with Gasteiger partial charge >= 0.3 is 0 Å². The van der Waals surface area contributed by atoms with E-state index in [2.05, 4.69) is 10.3 Å². The van der Waals surface area contributed by atoms with Gasteiger partial charge in [0.2, 0.25) is 17.7 Å². The molecule has 25 heavy (non-hydrogen) atoms.